The smallest absolute Gasteiger partial charge is 0.120 e. The Balaban J connectivity index is 1.98. The number of anilines is 1. The first-order chi connectivity index (χ1) is 8.70. The Morgan fingerprint density at radius 2 is 2.11 bits per heavy atom. The topological polar surface area (TPSA) is 55.6 Å². The van der Waals surface area contributed by atoms with Gasteiger partial charge in [0.15, 0.2) is 0 Å². The van der Waals surface area contributed by atoms with Gasteiger partial charge in [0, 0.05) is 18.0 Å². The van der Waals surface area contributed by atoms with E-state index in [2.05, 4.69) is 4.90 Å². The minimum Gasteiger partial charge on any atom is -0.497 e. The highest BCUT2D eigenvalue weighted by atomic mass is 32.2. The van der Waals surface area contributed by atoms with Crippen LogP contribution in [-0.2, 0) is 10.8 Å². The van der Waals surface area contributed by atoms with Gasteiger partial charge in [0.25, 0.3) is 0 Å². The molecule has 0 amide bonds. The quantitative estimate of drug-likeness (QED) is 0.822. The number of rotatable bonds is 5. The fourth-order valence-corrected chi connectivity index (χ4v) is 3.39. The van der Waals surface area contributed by atoms with Crippen LogP contribution in [0.2, 0.25) is 0 Å². The summed E-state index contributed by atoms with van der Waals surface area (Å²) in [6, 6.07) is 5.31. The van der Waals surface area contributed by atoms with E-state index in [1.807, 2.05) is 0 Å². The third-order valence-electron chi connectivity index (χ3n) is 3.26. The molecule has 1 saturated heterocycles. The zero-order valence-corrected chi connectivity index (χ0v) is 11.5. The van der Waals surface area contributed by atoms with Gasteiger partial charge in [-0.05, 0) is 44.1 Å². The Kier molecular flexibility index (Phi) is 4.60. The van der Waals surface area contributed by atoms with E-state index in [0.717, 1.165) is 19.6 Å². The molecular formula is C13H20N2O2S. The van der Waals surface area contributed by atoms with E-state index >= 15 is 0 Å². The molecule has 1 aromatic rings. The maximum Gasteiger partial charge on any atom is 0.120 e. The van der Waals surface area contributed by atoms with Gasteiger partial charge >= 0.3 is 0 Å². The monoisotopic (exact) mass is 268 g/mol. The van der Waals surface area contributed by atoms with Crippen LogP contribution in [0, 0.1) is 0 Å². The van der Waals surface area contributed by atoms with E-state index in [4.69, 9.17) is 10.5 Å². The third-order valence-corrected chi connectivity index (χ3v) is 4.66. The summed E-state index contributed by atoms with van der Waals surface area (Å²) >= 11 is 0. The van der Waals surface area contributed by atoms with Gasteiger partial charge in [-0.15, -0.1) is 0 Å². The zero-order chi connectivity index (χ0) is 13.0. The Morgan fingerprint density at radius 3 is 2.78 bits per heavy atom. The normalized spacial score (nSPS) is 17.8. The van der Waals surface area contributed by atoms with Crippen molar-refractivity contribution < 1.29 is 8.95 Å². The number of likely N-dealkylation sites (tertiary alicyclic amines) is 1. The van der Waals surface area contributed by atoms with Crippen molar-refractivity contribution in [2.45, 2.75) is 17.7 Å². The highest BCUT2D eigenvalue weighted by Gasteiger charge is 2.14. The standard InChI is InChI=1S/C13H20N2O2S/c1-17-11-4-5-12(14)13(10-11)18(16)9-8-15-6-2-3-7-15/h4-5,10H,2-3,6-9,14H2,1H3. The Hall–Kier alpha value is -1.07. The molecule has 5 heteroatoms. The van der Waals surface area contributed by atoms with Gasteiger partial charge in [0.1, 0.15) is 5.75 Å². The van der Waals surface area contributed by atoms with Gasteiger partial charge in [0.05, 0.1) is 22.8 Å². The van der Waals surface area contributed by atoms with Crippen molar-refractivity contribution in [3.05, 3.63) is 18.2 Å². The highest BCUT2D eigenvalue weighted by molar-refractivity contribution is 7.85. The van der Waals surface area contributed by atoms with Crippen molar-refractivity contribution in [3.8, 4) is 5.75 Å². The molecule has 2 rings (SSSR count). The van der Waals surface area contributed by atoms with E-state index in [1.165, 1.54) is 12.8 Å². The summed E-state index contributed by atoms with van der Waals surface area (Å²) in [4.78, 5) is 3.04. The lowest BCUT2D eigenvalue weighted by Gasteiger charge is -2.14. The number of ether oxygens (including phenoxy) is 1. The predicted octanol–water partition coefficient (Wildman–Crippen LogP) is 1.48. The first-order valence-corrected chi connectivity index (χ1v) is 7.57. The summed E-state index contributed by atoms with van der Waals surface area (Å²) in [5.41, 5.74) is 6.45. The van der Waals surface area contributed by atoms with E-state index < -0.39 is 10.8 Å². The van der Waals surface area contributed by atoms with E-state index in [9.17, 15) is 4.21 Å². The van der Waals surface area contributed by atoms with Gasteiger partial charge in [-0.25, -0.2) is 0 Å². The average molecular weight is 268 g/mol. The lowest BCUT2D eigenvalue weighted by Crippen LogP contribution is -2.24. The molecule has 1 heterocycles. The summed E-state index contributed by atoms with van der Waals surface area (Å²) in [5.74, 6) is 1.34. The van der Waals surface area contributed by atoms with Crippen molar-refractivity contribution in [3.63, 3.8) is 0 Å². The molecule has 1 atom stereocenters. The maximum absolute atomic E-state index is 12.2. The molecule has 1 aromatic carbocycles. The van der Waals surface area contributed by atoms with Crippen LogP contribution in [0.3, 0.4) is 0 Å². The van der Waals surface area contributed by atoms with Crippen molar-refractivity contribution in [1.29, 1.82) is 0 Å². The largest absolute Gasteiger partial charge is 0.497 e. The summed E-state index contributed by atoms with van der Waals surface area (Å²) < 4.78 is 17.4. The van der Waals surface area contributed by atoms with Gasteiger partial charge < -0.3 is 15.4 Å². The lowest BCUT2D eigenvalue weighted by atomic mass is 10.3. The molecule has 100 valence electrons. The van der Waals surface area contributed by atoms with Crippen LogP contribution >= 0.6 is 0 Å². The van der Waals surface area contributed by atoms with Crippen LogP contribution in [0.5, 0.6) is 5.75 Å². The van der Waals surface area contributed by atoms with Crippen LogP contribution in [0.4, 0.5) is 5.69 Å². The lowest BCUT2D eigenvalue weighted by molar-refractivity contribution is 0.361. The molecule has 0 bridgehead atoms. The predicted molar refractivity (Wildman–Crippen MR) is 74.4 cm³/mol. The van der Waals surface area contributed by atoms with Crippen LogP contribution in [0.1, 0.15) is 12.8 Å². The Morgan fingerprint density at radius 1 is 1.39 bits per heavy atom. The number of nitrogen functional groups attached to an aromatic ring is 1. The maximum atomic E-state index is 12.2. The Bertz CT molecular complexity index is 431. The van der Waals surface area contributed by atoms with Gasteiger partial charge in [-0.2, -0.15) is 0 Å². The number of benzene rings is 1. The minimum atomic E-state index is -1.05. The zero-order valence-electron chi connectivity index (χ0n) is 10.7. The van der Waals surface area contributed by atoms with Crippen LogP contribution < -0.4 is 10.5 Å². The summed E-state index contributed by atoms with van der Waals surface area (Å²) in [6.45, 7) is 3.14. The number of nitrogens with zero attached hydrogens (tertiary/aromatic N) is 1. The molecule has 1 unspecified atom stereocenters. The molecule has 0 spiro atoms. The molecular weight excluding hydrogens is 248 g/mol. The second kappa shape index (κ2) is 6.20. The van der Waals surface area contributed by atoms with E-state index in [-0.39, 0.29) is 0 Å². The number of hydrogen-bond donors (Lipinski definition) is 1. The molecule has 1 aliphatic heterocycles. The average Bonchev–Trinajstić information content (AvgIpc) is 2.89. The minimum absolute atomic E-state index is 0.579. The van der Waals surface area contributed by atoms with Crippen molar-refractivity contribution in [2.24, 2.45) is 0 Å². The highest BCUT2D eigenvalue weighted by Crippen LogP contribution is 2.23. The first-order valence-electron chi connectivity index (χ1n) is 6.25. The molecule has 2 N–H and O–H groups in total. The van der Waals surface area contributed by atoms with E-state index in [0.29, 0.717) is 22.1 Å². The third kappa shape index (κ3) is 3.23. The van der Waals surface area contributed by atoms with Crippen LogP contribution in [-0.4, -0.2) is 41.6 Å². The van der Waals surface area contributed by atoms with E-state index in [1.54, 1.807) is 25.3 Å². The van der Waals surface area contributed by atoms with Crippen LogP contribution in [0.15, 0.2) is 23.1 Å². The Labute approximate surface area is 111 Å². The second-order valence-corrected chi connectivity index (χ2v) is 6.04. The number of hydrogen-bond acceptors (Lipinski definition) is 4. The summed E-state index contributed by atoms with van der Waals surface area (Å²) in [7, 11) is 0.550. The van der Waals surface area contributed by atoms with Gasteiger partial charge in [-0.3, -0.25) is 4.21 Å². The molecule has 1 aliphatic rings. The first kappa shape index (κ1) is 13.4. The fourth-order valence-electron chi connectivity index (χ4n) is 2.17. The summed E-state index contributed by atoms with van der Waals surface area (Å²) in [5, 5.41) is 0. The molecule has 18 heavy (non-hydrogen) atoms. The van der Waals surface area contributed by atoms with Crippen molar-refractivity contribution in [1.82, 2.24) is 4.90 Å². The van der Waals surface area contributed by atoms with Crippen LogP contribution in [0.25, 0.3) is 0 Å². The summed E-state index contributed by atoms with van der Waals surface area (Å²) in [6.07, 6.45) is 2.52. The molecule has 0 saturated carbocycles. The molecule has 4 nitrogen and oxygen atoms in total. The molecule has 0 aromatic heterocycles. The van der Waals surface area contributed by atoms with Gasteiger partial charge in [-0.1, -0.05) is 0 Å². The number of methoxy groups -OCH3 is 1. The SMILES string of the molecule is COc1ccc(N)c(S(=O)CCN2CCCC2)c1. The second-order valence-electron chi connectivity index (χ2n) is 4.50. The fraction of sp³-hybridized carbons (Fsp3) is 0.538. The van der Waals surface area contributed by atoms with Crippen molar-refractivity contribution in [2.75, 3.05) is 38.2 Å². The number of nitrogens with two attached hydrogens (primary N) is 1. The molecule has 0 aliphatic carbocycles. The molecule has 1 fully saturated rings. The molecule has 0 radical (unpaired) electrons. The van der Waals surface area contributed by atoms with Gasteiger partial charge in [0.2, 0.25) is 0 Å². The van der Waals surface area contributed by atoms with Crippen molar-refractivity contribution >= 4 is 16.5 Å².